The van der Waals surface area contributed by atoms with Crippen LogP contribution >= 0.6 is 12.4 Å². The molecule has 2 unspecified atom stereocenters. The van der Waals surface area contributed by atoms with Crippen molar-refractivity contribution in [3.8, 4) is 11.1 Å². The molecule has 0 bridgehead atoms. The molecule has 3 heteroatoms. The van der Waals surface area contributed by atoms with Gasteiger partial charge in [-0.3, -0.25) is 0 Å². The standard InChI is InChI=1S/C20H25NO.ClH/c1-21-19-9-5-6-14-20(19,22)15-16-10-12-18(13-11-16)17-7-3-2-4-8-17;/h2-4,7-8,10-13,19,21-22H,5-6,9,14-15H2,1H3;1H. The topological polar surface area (TPSA) is 32.3 Å². The Hall–Kier alpha value is -1.35. The molecule has 3 rings (SSSR count). The number of hydrogen-bond acceptors (Lipinski definition) is 2. The second-order valence-corrected chi connectivity index (χ2v) is 6.43. The van der Waals surface area contributed by atoms with Crippen LogP contribution in [0, 0.1) is 0 Å². The highest BCUT2D eigenvalue weighted by Crippen LogP contribution is 2.32. The van der Waals surface area contributed by atoms with Crippen LogP contribution in [0.4, 0.5) is 0 Å². The van der Waals surface area contributed by atoms with E-state index < -0.39 is 5.60 Å². The van der Waals surface area contributed by atoms with Gasteiger partial charge in [-0.05, 0) is 36.6 Å². The number of rotatable bonds is 4. The first-order valence-electron chi connectivity index (χ1n) is 8.25. The maximum Gasteiger partial charge on any atom is 0.0840 e. The molecule has 1 aliphatic rings. The van der Waals surface area contributed by atoms with Gasteiger partial charge in [0.05, 0.1) is 5.60 Å². The van der Waals surface area contributed by atoms with Crippen LogP contribution in [-0.4, -0.2) is 23.8 Å². The zero-order valence-corrected chi connectivity index (χ0v) is 14.5. The van der Waals surface area contributed by atoms with Gasteiger partial charge >= 0.3 is 0 Å². The minimum absolute atomic E-state index is 0. The second kappa shape index (κ2) is 7.96. The van der Waals surface area contributed by atoms with Crippen molar-refractivity contribution in [1.82, 2.24) is 5.32 Å². The summed E-state index contributed by atoms with van der Waals surface area (Å²) in [6, 6.07) is 19.2. The lowest BCUT2D eigenvalue weighted by atomic mass is 9.76. The van der Waals surface area contributed by atoms with Crippen molar-refractivity contribution in [2.75, 3.05) is 7.05 Å². The van der Waals surface area contributed by atoms with Crippen LogP contribution in [0.1, 0.15) is 31.2 Å². The summed E-state index contributed by atoms with van der Waals surface area (Å²) in [5.41, 5.74) is 3.06. The molecule has 0 spiro atoms. The van der Waals surface area contributed by atoms with Crippen molar-refractivity contribution in [2.45, 2.75) is 43.7 Å². The lowest BCUT2D eigenvalue weighted by Crippen LogP contribution is -2.53. The molecule has 1 saturated carbocycles. The molecule has 2 N–H and O–H groups in total. The maximum absolute atomic E-state index is 11.0. The van der Waals surface area contributed by atoms with E-state index in [0.717, 1.165) is 25.7 Å². The fraction of sp³-hybridized carbons (Fsp3) is 0.400. The average Bonchev–Trinajstić information content (AvgIpc) is 2.56. The fourth-order valence-electron chi connectivity index (χ4n) is 3.65. The average molecular weight is 332 g/mol. The Kier molecular flexibility index (Phi) is 6.23. The Bertz CT molecular complexity index is 599. The zero-order valence-electron chi connectivity index (χ0n) is 13.7. The van der Waals surface area contributed by atoms with Crippen molar-refractivity contribution in [2.24, 2.45) is 0 Å². The van der Waals surface area contributed by atoms with Gasteiger partial charge in [0.1, 0.15) is 0 Å². The highest BCUT2D eigenvalue weighted by Gasteiger charge is 2.37. The van der Waals surface area contributed by atoms with E-state index in [9.17, 15) is 5.11 Å². The molecule has 0 radical (unpaired) electrons. The number of halogens is 1. The number of likely N-dealkylation sites (N-methyl/N-ethyl adjacent to an activating group) is 1. The fourth-order valence-corrected chi connectivity index (χ4v) is 3.65. The largest absolute Gasteiger partial charge is 0.388 e. The summed E-state index contributed by atoms with van der Waals surface area (Å²) in [5.74, 6) is 0. The van der Waals surface area contributed by atoms with Crippen molar-refractivity contribution in [3.63, 3.8) is 0 Å². The van der Waals surface area contributed by atoms with E-state index in [0.29, 0.717) is 0 Å². The normalized spacial score (nSPS) is 24.0. The summed E-state index contributed by atoms with van der Waals surface area (Å²) < 4.78 is 0. The summed E-state index contributed by atoms with van der Waals surface area (Å²) in [6.07, 6.45) is 5.01. The quantitative estimate of drug-likeness (QED) is 0.879. The van der Waals surface area contributed by atoms with Crippen molar-refractivity contribution >= 4 is 12.4 Å². The molecule has 2 aromatic carbocycles. The van der Waals surface area contributed by atoms with Crippen LogP contribution in [0.2, 0.25) is 0 Å². The lowest BCUT2D eigenvalue weighted by Gasteiger charge is -2.40. The number of aliphatic hydroxyl groups is 1. The van der Waals surface area contributed by atoms with Crippen molar-refractivity contribution < 1.29 is 5.11 Å². The molecule has 1 fully saturated rings. The number of hydrogen-bond donors (Lipinski definition) is 2. The van der Waals surface area contributed by atoms with Crippen LogP contribution in [0.3, 0.4) is 0 Å². The molecule has 0 saturated heterocycles. The van der Waals surface area contributed by atoms with Crippen molar-refractivity contribution in [3.05, 3.63) is 60.2 Å². The van der Waals surface area contributed by atoms with Crippen LogP contribution in [0.15, 0.2) is 54.6 Å². The summed E-state index contributed by atoms with van der Waals surface area (Å²) >= 11 is 0. The minimum atomic E-state index is -0.610. The van der Waals surface area contributed by atoms with E-state index >= 15 is 0 Å². The molecular weight excluding hydrogens is 306 g/mol. The molecule has 23 heavy (non-hydrogen) atoms. The van der Waals surface area contributed by atoms with Gasteiger partial charge in [0.25, 0.3) is 0 Å². The van der Waals surface area contributed by atoms with E-state index in [1.54, 1.807) is 0 Å². The monoisotopic (exact) mass is 331 g/mol. The highest BCUT2D eigenvalue weighted by atomic mass is 35.5. The van der Waals surface area contributed by atoms with E-state index in [4.69, 9.17) is 0 Å². The summed E-state index contributed by atoms with van der Waals surface area (Å²) in [4.78, 5) is 0. The first-order chi connectivity index (χ1) is 10.7. The minimum Gasteiger partial charge on any atom is -0.388 e. The molecular formula is C20H26ClNO. The predicted molar refractivity (Wildman–Crippen MR) is 99.1 cm³/mol. The van der Waals surface area contributed by atoms with E-state index in [1.165, 1.54) is 23.1 Å². The zero-order chi connectivity index (χ0) is 15.4. The first-order valence-corrected chi connectivity index (χ1v) is 8.25. The van der Waals surface area contributed by atoms with E-state index in [2.05, 4.69) is 53.8 Å². The maximum atomic E-state index is 11.0. The van der Waals surface area contributed by atoms with Gasteiger partial charge in [0.15, 0.2) is 0 Å². The third kappa shape index (κ3) is 4.14. The molecule has 124 valence electrons. The van der Waals surface area contributed by atoms with E-state index in [1.807, 2.05) is 13.1 Å². The van der Waals surface area contributed by atoms with Gasteiger partial charge in [0.2, 0.25) is 0 Å². The Balaban J connectivity index is 0.00000192. The lowest BCUT2D eigenvalue weighted by molar-refractivity contribution is -0.0240. The Labute approximate surface area is 145 Å². The van der Waals surface area contributed by atoms with Gasteiger partial charge in [-0.25, -0.2) is 0 Å². The van der Waals surface area contributed by atoms with Gasteiger partial charge in [-0.1, -0.05) is 67.4 Å². The molecule has 2 atom stereocenters. The first kappa shape index (κ1) is 18.0. The SMILES string of the molecule is CNC1CCCCC1(O)Cc1ccc(-c2ccccc2)cc1.Cl. The third-order valence-corrected chi connectivity index (χ3v) is 4.92. The summed E-state index contributed by atoms with van der Waals surface area (Å²) in [6.45, 7) is 0. The Morgan fingerprint density at radius 2 is 1.65 bits per heavy atom. The molecule has 0 aliphatic heterocycles. The molecule has 1 aliphatic carbocycles. The molecule has 2 nitrogen and oxygen atoms in total. The van der Waals surface area contributed by atoms with Gasteiger partial charge in [0, 0.05) is 12.5 Å². The molecule has 2 aromatic rings. The number of nitrogens with one attached hydrogen (secondary N) is 1. The van der Waals surface area contributed by atoms with Crippen molar-refractivity contribution in [1.29, 1.82) is 0 Å². The van der Waals surface area contributed by atoms with Crippen LogP contribution < -0.4 is 5.32 Å². The van der Waals surface area contributed by atoms with Gasteiger partial charge in [-0.15, -0.1) is 12.4 Å². The number of benzene rings is 2. The van der Waals surface area contributed by atoms with Crippen LogP contribution in [0.25, 0.3) is 11.1 Å². The highest BCUT2D eigenvalue weighted by molar-refractivity contribution is 5.85. The second-order valence-electron chi connectivity index (χ2n) is 6.43. The summed E-state index contributed by atoms with van der Waals surface area (Å²) in [7, 11) is 1.96. The molecule has 0 aromatic heterocycles. The van der Waals surface area contributed by atoms with Crippen LogP contribution in [-0.2, 0) is 6.42 Å². The smallest absolute Gasteiger partial charge is 0.0840 e. The van der Waals surface area contributed by atoms with Gasteiger partial charge in [-0.2, -0.15) is 0 Å². The van der Waals surface area contributed by atoms with Gasteiger partial charge < -0.3 is 10.4 Å². The third-order valence-electron chi connectivity index (χ3n) is 4.92. The summed E-state index contributed by atoms with van der Waals surface area (Å²) in [5, 5.41) is 14.3. The molecule has 0 heterocycles. The Morgan fingerprint density at radius 3 is 2.30 bits per heavy atom. The predicted octanol–water partition coefficient (Wildman–Crippen LogP) is 4.21. The van der Waals surface area contributed by atoms with E-state index in [-0.39, 0.29) is 18.4 Å². The Morgan fingerprint density at radius 1 is 1.00 bits per heavy atom. The molecule has 0 amide bonds. The van der Waals surface area contributed by atoms with Crippen LogP contribution in [0.5, 0.6) is 0 Å².